The molecule has 1 aliphatic heterocycles. The quantitative estimate of drug-likeness (QED) is 0.619. The van der Waals surface area contributed by atoms with Gasteiger partial charge in [0.15, 0.2) is 0 Å². The number of anilines is 1. The number of rotatable bonds is 2. The van der Waals surface area contributed by atoms with Gasteiger partial charge in [-0.25, -0.2) is 9.37 Å². The average molecular weight is 406 g/mol. The van der Waals surface area contributed by atoms with Crippen LogP contribution in [-0.2, 0) is 0 Å². The van der Waals surface area contributed by atoms with Gasteiger partial charge in [-0.3, -0.25) is 0 Å². The molecule has 1 aliphatic rings. The summed E-state index contributed by atoms with van der Waals surface area (Å²) in [6, 6.07) is 11.6. The maximum Gasteiger partial charge on any atom is 0.148 e. The molecule has 0 N–H and O–H groups in total. The van der Waals surface area contributed by atoms with Crippen LogP contribution in [0.3, 0.4) is 0 Å². The second kappa shape index (κ2) is 6.43. The molecule has 3 aromatic rings. The molecular weight excluding hydrogens is 389 g/mol. The van der Waals surface area contributed by atoms with E-state index in [1.54, 1.807) is 17.4 Å². The van der Waals surface area contributed by atoms with Gasteiger partial charge in [-0.15, -0.1) is 11.3 Å². The summed E-state index contributed by atoms with van der Waals surface area (Å²) in [6.07, 6.45) is 0. The Morgan fingerprint density at radius 1 is 1.08 bits per heavy atom. The van der Waals surface area contributed by atoms with Gasteiger partial charge >= 0.3 is 0 Å². The van der Waals surface area contributed by atoms with E-state index in [-0.39, 0.29) is 5.82 Å². The summed E-state index contributed by atoms with van der Waals surface area (Å²) in [7, 11) is 2.10. The maximum atomic E-state index is 14.6. The topological polar surface area (TPSA) is 19.4 Å². The molecule has 4 rings (SSSR count). The summed E-state index contributed by atoms with van der Waals surface area (Å²) < 4.78 is 16.6. The van der Waals surface area contributed by atoms with Crippen LogP contribution in [0.4, 0.5) is 10.1 Å². The lowest BCUT2D eigenvalue weighted by atomic mass is 10.2. The van der Waals surface area contributed by atoms with E-state index in [1.165, 1.54) is 0 Å². The van der Waals surface area contributed by atoms with Gasteiger partial charge in [0.2, 0.25) is 0 Å². The number of likely N-dealkylation sites (N-methyl/N-ethyl adjacent to an activating group) is 1. The van der Waals surface area contributed by atoms with Gasteiger partial charge in [-0.2, -0.15) is 0 Å². The molecule has 0 aliphatic carbocycles. The van der Waals surface area contributed by atoms with Crippen LogP contribution in [0.5, 0.6) is 0 Å². The van der Waals surface area contributed by atoms with Crippen molar-refractivity contribution in [2.24, 2.45) is 0 Å². The van der Waals surface area contributed by atoms with Crippen molar-refractivity contribution in [2.45, 2.75) is 0 Å². The van der Waals surface area contributed by atoms with Gasteiger partial charge < -0.3 is 9.80 Å². The molecule has 6 heteroatoms. The lowest BCUT2D eigenvalue weighted by Gasteiger charge is -2.34. The van der Waals surface area contributed by atoms with Gasteiger partial charge in [-0.1, -0.05) is 28.1 Å². The Labute approximate surface area is 152 Å². The smallest absolute Gasteiger partial charge is 0.148 e. The van der Waals surface area contributed by atoms with Crippen LogP contribution in [0, 0.1) is 5.82 Å². The predicted octanol–water partition coefficient (Wildman–Crippen LogP) is 4.62. The van der Waals surface area contributed by atoms with E-state index in [9.17, 15) is 4.39 Å². The number of benzene rings is 2. The summed E-state index contributed by atoms with van der Waals surface area (Å²) in [5.74, 6) is -0.181. The molecule has 0 atom stereocenters. The number of piperazine rings is 1. The molecule has 124 valence electrons. The highest BCUT2D eigenvalue weighted by Crippen LogP contribution is 2.34. The zero-order valence-corrected chi connectivity index (χ0v) is 15.7. The molecule has 0 amide bonds. The SMILES string of the molecule is CN1CCN(c2cc3sc(-c4ccc(Br)cc4)nc3cc2F)CC1. The number of halogens is 2. The van der Waals surface area contributed by atoms with Crippen molar-refractivity contribution in [2.75, 3.05) is 38.1 Å². The molecule has 0 unspecified atom stereocenters. The van der Waals surface area contributed by atoms with Crippen molar-refractivity contribution in [1.29, 1.82) is 0 Å². The van der Waals surface area contributed by atoms with Crippen molar-refractivity contribution >= 4 is 43.2 Å². The van der Waals surface area contributed by atoms with E-state index in [0.29, 0.717) is 5.69 Å². The van der Waals surface area contributed by atoms with E-state index >= 15 is 0 Å². The first-order chi connectivity index (χ1) is 11.6. The summed E-state index contributed by atoms with van der Waals surface area (Å²) in [6.45, 7) is 3.64. The van der Waals surface area contributed by atoms with Crippen LogP contribution >= 0.6 is 27.3 Å². The number of hydrogen-bond donors (Lipinski definition) is 0. The summed E-state index contributed by atoms with van der Waals surface area (Å²) in [4.78, 5) is 9.01. The molecular formula is C18H17BrFN3S. The lowest BCUT2D eigenvalue weighted by Crippen LogP contribution is -2.44. The van der Waals surface area contributed by atoms with E-state index in [4.69, 9.17) is 0 Å². The fourth-order valence-electron chi connectivity index (χ4n) is 2.94. The van der Waals surface area contributed by atoms with Crippen molar-refractivity contribution in [3.05, 3.63) is 46.7 Å². The maximum absolute atomic E-state index is 14.6. The Kier molecular flexibility index (Phi) is 4.28. The summed E-state index contributed by atoms with van der Waals surface area (Å²) in [5, 5.41) is 0.924. The van der Waals surface area contributed by atoms with E-state index in [1.807, 2.05) is 30.3 Å². The number of thiazole rings is 1. The van der Waals surface area contributed by atoms with Crippen LogP contribution < -0.4 is 4.90 Å². The zero-order chi connectivity index (χ0) is 16.7. The third-order valence-electron chi connectivity index (χ3n) is 4.39. The highest BCUT2D eigenvalue weighted by Gasteiger charge is 2.19. The molecule has 3 nitrogen and oxygen atoms in total. The summed E-state index contributed by atoms with van der Waals surface area (Å²) >= 11 is 5.06. The highest BCUT2D eigenvalue weighted by molar-refractivity contribution is 9.10. The highest BCUT2D eigenvalue weighted by atomic mass is 79.9. The van der Waals surface area contributed by atoms with E-state index < -0.39 is 0 Å². The van der Waals surface area contributed by atoms with Crippen molar-refractivity contribution in [1.82, 2.24) is 9.88 Å². The second-order valence-corrected chi connectivity index (χ2v) is 8.03. The zero-order valence-electron chi connectivity index (χ0n) is 13.3. The molecule has 1 saturated heterocycles. The first kappa shape index (κ1) is 16.0. The Morgan fingerprint density at radius 3 is 2.50 bits per heavy atom. The van der Waals surface area contributed by atoms with Crippen molar-refractivity contribution < 1.29 is 4.39 Å². The van der Waals surface area contributed by atoms with Gasteiger partial charge in [0.05, 0.1) is 15.9 Å². The minimum absolute atomic E-state index is 0.181. The van der Waals surface area contributed by atoms with Crippen molar-refractivity contribution in [3.63, 3.8) is 0 Å². The van der Waals surface area contributed by atoms with Gasteiger partial charge in [0.1, 0.15) is 10.8 Å². The summed E-state index contributed by atoms with van der Waals surface area (Å²) in [5.41, 5.74) is 2.48. The average Bonchev–Trinajstić information content (AvgIpc) is 2.98. The van der Waals surface area contributed by atoms with Crippen LogP contribution in [0.1, 0.15) is 0 Å². The molecule has 1 fully saturated rings. The normalized spacial score (nSPS) is 16.0. The fraction of sp³-hybridized carbons (Fsp3) is 0.278. The minimum atomic E-state index is -0.181. The molecule has 0 spiro atoms. The van der Waals surface area contributed by atoms with Gasteiger partial charge in [0, 0.05) is 42.3 Å². The standard InChI is InChI=1S/C18H17BrFN3S/c1-22-6-8-23(9-7-22)16-11-17-15(10-14(16)20)21-18(24-17)12-2-4-13(19)5-3-12/h2-5,10-11H,6-9H2,1H3. The van der Waals surface area contributed by atoms with Crippen molar-refractivity contribution in [3.8, 4) is 10.6 Å². The lowest BCUT2D eigenvalue weighted by molar-refractivity contribution is 0.312. The molecule has 0 bridgehead atoms. The first-order valence-corrected chi connectivity index (χ1v) is 9.50. The number of fused-ring (bicyclic) bond motifs is 1. The van der Waals surface area contributed by atoms with Crippen LogP contribution in [0.25, 0.3) is 20.8 Å². The molecule has 2 heterocycles. The largest absolute Gasteiger partial charge is 0.367 e. The Morgan fingerprint density at radius 2 is 1.79 bits per heavy atom. The van der Waals surface area contributed by atoms with E-state index in [0.717, 1.165) is 51.4 Å². The first-order valence-electron chi connectivity index (χ1n) is 7.90. The van der Waals surface area contributed by atoms with Gasteiger partial charge in [0.25, 0.3) is 0 Å². The molecule has 24 heavy (non-hydrogen) atoms. The van der Waals surface area contributed by atoms with Crippen LogP contribution in [-0.4, -0.2) is 43.1 Å². The monoisotopic (exact) mass is 405 g/mol. The number of hydrogen-bond acceptors (Lipinski definition) is 4. The van der Waals surface area contributed by atoms with Crippen LogP contribution in [0.2, 0.25) is 0 Å². The number of nitrogens with zero attached hydrogens (tertiary/aromatic N) is 3. The Hall–Kier alpha value is -1.50. The minimum Gasteiger partial charge on any atom is -0.367 e. The Bertz CT molecular complexity index is 870. The fourth-order valence-corrected chi connectivity index (χ4v) is 4.19. The molecule has 2 aromatic carbocycles. The second-order valence-electron chi connectivity index (χ2n) is 6.09. The predicted molar refractivity (Wildman–Crippen MR) is 102 cm³/mol. The van der Waals surface area contributed by atoms with E-state index in [2.05, 4.69) is 37.8 Å². The third kappa shape index (κ3) is 3.06. The van der Waals surface area contributed by atoms with Crippen LogP contribution in [0.15, 0.2) is 40.9 Å². The third-order valence-corrected chi connectivity index (χ3v) is 5.99. The molecule has 1 aromatic heterocycles. The molecule has 0 saturated carbocycles. The Balaban J connectivity index is 1.71. The number of aromatic nitrogens is 1. The van der Waals surface area contributed by atoms with Gasteiger partial charge in [-0.05, 0) is 25.2 Å². The molecule has 0 radical (unpaired) electrons.